The van der Waals surface area contributed by atoms with Crippen LogP contribution in [0, 0.1) is 0 Å². The number of oxazole rings is 1. The fraction of sp³-hybridized carbons (Fsp3) is 0. The molecule has 0 radical (unpaired) electrons. The molecule has 11 aromatic rings. The van der Waals surface area contributed by atoms with E-state index < -0.39 is 0 Å². The third kappa shape index (κ3) is 4.91. The zero-order chi connectivity index (χ0) is 34.9. The van der Waals surface area contributed by atoms with Crippen molar-refractivity contribution in [2.24, 2.45) is 0 Å². The molecule has 0 spiro atoms. The van der Waals surface area contributed by atoms with Gasteiger partial charge in [0, 0.05) is 16.7 Å². The van der Waals surface area contributed by atoms with E-state index in [0.29, 0.717) is 5.89 Å². The average Bonchev–Trinajstić information content (AvgIpc) is 4.05. The predicted octanol–water partition coefficient (Wildman–Crippen LogP) is 11.5. The summed E-state index contributed by atoms with van der Waals surface area (Å²) in [6.45, 7) is 0. The van der Waals surface area contributed by atoms with Crippen molar-refractivity contribution in [1.29, 1.82) is 0 Å². The molecular weight excluding hydrogens is 717 g/mol. The molecule has 7 aromatic carbocycles. The summed E-state index contributed by atoms with van der Waals surface area (Å²) in [6.07, 6.45) is 0. The molecule has 250 valence electrons. The van der Waals surface area contributed by atoms with Gasteiger partial charge >= 0.3 is 0 Å². The summed E-state index contributed by atoms with van der Waals surface area (Å²) in [7, 11) is 0. The standard InChI is InChI=1S/C41H22N8OS3/c1-2-7-26-22-27(17-12-23(26)6-1)29-19-21-34(40-37(29)45-53-48-40)49(32-10-5-9-31-38(32)46-51-43-31)33-20-18-28(36-39(33)47-52-44-36)24-13-15-25(16-14-24)41-42-30-8-3-4-11-35(30)50-41/h1-22H. The van der Waals surface area contributed by atoms with Gasteiger partial charge in [-0.15, -0.1) is 0 Å². The van der Waals surface area contributed by atoms with Gasteiger partial charge in [-0.3, -0.25) is 0 Å². The molecule has 0 atom stereocenters. The Morgan fingerprint density at radius 3 is 1.77 bits per heavy atom. The minimum Gasteiger partial charge on any atom is -0.436 e. The van der Waals surface area contributed by atoms with E-state index in [-0.39, 0.29) is 0 Å². The van der Waals surface area contributed by atoms with Crippen LogP contribution >= 0.6 is 35.2 Å². The Morgan fingerprint density at radius 1 is 0.415 bits per heavy atom. The predicted molar refractivity (Wildman–Crippen MR) is 215 cm³/mol. The van der Waals surface area contributed by atoms with Gasteiger partial charge in [0.2, 0.25) is 5.89 Å². The van der Waals surface area contributed by atoms with Crippen LogP contribution in [0.2, 0.25) is 0 Å². The minimum atomic E-state index is 0.587. The molecule has 0 amide bonds. The van der Waals surface area contributed by atoms with Crippen molar-refractivity contribution in [2.45, 2.75) is 0 Å². The molecule has 9 nitrogen and oxygen atoms in total. The van der Waals surface area contributed by atoms with Gasteiger partial charge in [-0.1, -0.05) is 66.7 Å². The number of fused-ring (bicyclic) bond motifs is 5. The van der Waals surface area contributed by atoms with E-state index in [0.717, 1.165) is 89.1 Å². The Bertz CT molecular complexity index is 3130. The molecule has 4 heterocycles. The molecule has 0 unspecified atom stereocenters. The third-order valence-corrected chi connectivity index (χ3v) is 11.2. The minimum absolute atomic E-state index is 0.587. The Balaban J connectivity index is 1.06. The molecule has 0 aliphatic heterocycles. The van der Waals surface area contributed by atoms with Crippen molar-refractivity contribution in [3.63, 3.8) is 0 Å². The summed E-state index contributed by atoms with van der Waals surface area (Å²) in [4.78, 5) is 6.86. The Labute approximate surface area is 313 Å². The van der Waals surface area contributed by atoms with Gasteiger partial charge in [0.25, 0.3) is 0 Å². The Hall–Kier alpha value is -6.47. The van der Waals surface area contributed by atoms with E-state index in [2.05, 4.69) is 99.2 Å². The molecule has 0 aliphatic carbocycles. The summed E-state index contributed by atoms with van der Waals surface area (Å²) in [5.41, 5.74) is 14.0. The molecule has 0 bridgehead atoms. The molecule has 0 N–H and O–H groups in total. The first-order valence-corrected chi connectivity index (χ1v) is 18.9. The number of rotatable bonds is 6. The fourth-order valence-corrected chi connectivity index (χ4v) is 8.72. The number of aromatic nitrogens is 7. The second kappa shape index (κ2) is 12.1. The highest BCUT2D eigenvalue weighted by Crippen LogP contribution is 2.46. The molecule has 0 aliphatic rings. The van der Waals surface area contributed by atoms with Crippen LogP contribution in [0.1, 0.15) is 0 Å². The first kappa shape index (κ1) is 30.2. The maximum atomic E-state index is 6.03. The second-order valence-corrected chi connectivity index (χ2v) is 14.1. The maximum absolute atomic E-state index is 6.03. The van der Waals surface area contributed by atoms with Crippen LogP contribution in [0.4, 0.5) is 17.1 Å². The van der Waals surface area contributed by atoms with Crippen LogP contribution in [0.5, 0.6) is 0 Å². The van der Waals surface area contributed by atoms with Crippen molar-refractivity contribution in [2.75, 3.05) is 4.90 Å². The van der Waals surface area contributed by atoms with Gasteiger partial charge in [-0.2, -0.15) is 26.2 Å². The van der Waals surface area contributed by atoms with E-state index in [1.54, 1.807) is 0 Å². The largest absolute Gasteiger partial charge is 0.436 e. The number of anilines is 3. The van der Waals surface area contributed by atoms with Crippen molar-refractivity contribution < 1.29 is 4.42 Å². The van der Waals surface area contributed by atoms with E-state index >= 15 is 0 Å². The van der Waals surface area contributed by atoms with E-state index in [9.17, 15) is 0 Å². The normalized spacial score (nSPS) is 11.8. The lowest BCUT2D eigenvalue weighted by atomic mass is 9.98. The zero-order valence-electron chi connectivity index (χ0n) is 27.4. The molecule has 4 aromatic heterocycles. The molecular formula is C41H22N8OS3. The lowest BCUT2D eigenvalue weighted by Crippen LogP contribution is -2.12. The lowest BCUT2D eigenvalue weighted by Gasteiger charge is -2.26. The van der Waals surface area contributed by atoms with Gasteiger partial charge in [0.05, 0.1) is 52.2 Å². The number of nitrogens with zero attached hydrogens (tertiary/aromatic N) is 8. The second-order valence-electron chi connectivity index (χ2n) is 12.6. The monoisotopic (exact) mass is 738 g/mol. The SMILES string of the molecule is c1ccc2cc(-c3ccc(N(c4cccc5nsnc45)c4ccc(-c5ccc(-c6nc7ccccc7o6)cc5)c5nsnc45)c4nsnc34)ccc2c1. The van der Waals surface area contributed by atoms with Crippen molar-refractivity contribution in [3.05, 3.63) is 133 Å². The first-order valence-electron chi connectivity index (χ1n) is 16.7. The average molecular weight is 739 g/mol. The van der Waals surface area contributed by atoms with Crippen LogP contribution in [0.3, 0.4) is 0 Å². The molecule has 12 heteroatoms. The van der Waals surface area contributed by atoms with Gasteiger partial charge in [0.1, 0.15) is 38.6 Å². The summed E-state index contributed by atoms with van der Waals surface area (Å²) in [5.74, 6) is 0.587. The molecule has 0 saturated carbocycles. The van der Waals surface area contributed by atoms with Crippen molar-refractivity contribution in [1.82, 2.24) is 31.2 Å². The van der Waals surface area contributed by atoms with Crippen LogP contribution in [0.15, 0.2) is 138 Å². The highest BCUT2D eigenvalue weighted by Gasteiger charge is 2.26. The smallest absolute Gasteiger partial charge is 0.227 e. The number of benzene rings is 7. The first-order chi connectivity index (χ1) is 26.3. The van der Waals surface area contributed by atoms with Crippen LogP contribution in [-0.2, 0) is 0 Å². The quantitative estimate of drug-likeness (QED) is 0.165. The molecule has 11 rings (SSSR count). The molecule has 0 fully saturated rings. The van der Waals surface area contributed by atoms with Crippen LogP contribution < -0.4 is 4.90 Å². The highest BCUT2D eigenvalue weighted by atomic mass is 32.1. The summed E-state index contributed by atoms with van der Waals surface area (Å²) in [6, 6.07) is 45.5. The molecule has 0 saturated heterocycles. The number of para-hydroxylation sites is 2. The van der Waals surface area contributed by atoms with Crippen molar-refractivity contribution in [3.8, 4) is 33.7 Å². The van der Waals surface area contributed by atoms with Gasteiger partial charge in [0.15, 0.2) is 5.58 Å². The fourth-order valence-electron chi connectivity index (χ4n) is 7.04. The zero-order valence-corrected chi connectivity index (χ0v) is 29.9. The number of hydrogen-bond donors (Lipinski definition) is 0. The summed E-state index contributed by atoms with van der Waals surface area (Å²) in [5, 5.41) is 2.37. The Kier molecular flexibility index (Phi) is 6.87. The van der Waals surface area contributed by atoms with Crippen molar-refractivity contribution >= 4 is 107 Å². The Morgan fingerprint density at radius 2 is 1.00 bits per heavy atom. The van der Waals surface area contributed by atoms with Gasteiger partial charge in [-0.25, -0.2) is 4.98 Å². The van der Waals surface area contributed by atoms with E-state index in [1.165, 1.54) is 46.0 Å². The van der Waals surface area contributed by atoms with Crippen LogP contribution in [-0.4, -0.2) is 31.2 Å². The highest BCUT2D eigenvalue weighted by molar-refractivity contribution is 7.00. The van der Waals surface area contributed by atoms with Gasteiger partial charge < -0.3 is 9.32 Å². The van der Waals surface area contributed by atoms with E-state index in [1.807, 2.05) is 48.5 Å². The van der Waals surface area contributed by atoms with Crippen LogP contribution in [0.25, 0.3) is 88.7 Å². The maximum Gasteiger partial charge on any atom is 0.227 e. The lowest BCUT2D eigenvalue weighted by molar-refractivity contribution is 0.620. The van der Waals surface area contributed by atoms with Gasteiger partial charge in [-0.05, 0) is 88.6 Å². The molecule has 53 heavy (non-hydrogen) atoms. The summed E-state index contributed by atoms with van der Waals surface area (Å²) >= 11 is 3.60. The van der Waals surface area contributed by atoms with E-state index in [4.69, 9.17) is 26.3 Å². The summed E-state index contributed by atoms with van der Waals surface area (Å²) < 4.78 is 34.8. The topological polar surface area (TPSA) is 107 Å². The third-order valence-electron chi connectivity index (χ3n) is 9.57. The number of hydrogen-bond acceptors (Lipinski definition) is 12.